The lowest BCUT2D eigenvalue weighted by Gasteiger charge is -2.32. The van der Waals surface area contributed by atoms with Gasteiger partial charge in [0, 0.05) is 17.5 Å². The number of nitrogens with zero attached hydrogens (tertiary/aromatic N) is 1. The normalized spacial score (nSPS) is 16.6. The highest BCUT2D eigenvalue weighted by Gasteiger charge is 2.26. The molecular formula is C25H27ClN2O. The van der Waals surface area contributed by atoms with Crippen LogP contribution in [0, 0.1) is 5.92 Å². The van der Waals surface area contributed by atoms with Crippen LogP contribution in [0.1, 0.15) is 36.9 Å². The van der Waals surface area contributed by atoms with E-state index in [2.05, 4.69) is 59.6 Å². The molecule has 0 radical (unpaired) electrons. The third-order valence-corrected chi connectivity index (χ3v) is 6.14. The average molecular weight is 407 g/mol. The van der Waals surface area contributed by atoms with Crippen molar-refractivity contribution < 1.29 is 4.79 Å². The Balaban J connectivity index is 1.34. The van der Waals surface area contributed by atoms with Gasteiger partial charge in [-0.25, -0.2) is 0 Å². The Bertz CT molecular complexity index is 990. The molecule has 150 valence electrons. The molecule has 3 aromatic rings. The Kier molecular flexibility index (Phi) is 6.17. The fourth-order valence-corrected chi connectivity index (χ4v) is 4.50. The minimum absolute atomic E-state index is 0.00177. The van der Waals surface area contributed by atoms with E-state index in [-0.39, 0.29) is 17.9 Å². The predicted octanol–water partition coefficient (Wildman–Crippen LogP) is 5.58. The molecule has 1 amide bonds. The number of carbonyl (C=O) groups is 1. The zero-order chi connectivity index (χ0) is 20.2. The van der Waals surface area contributed by atoms with Gasteiger partial charge in [-0.2, -0.15) is 0 Å². The van der Waals surface area contributed by atoms with Crippen LogP contribution >= 0.6 is 11.6 Å². The molecule has 3 aromatic carbocycles. The second kappa shape index (κ2) is 8.98. The number of nitrogens with one attached hydrogen (secondary N) is 1. The van der Waals surface area contributed by atoms with Gasteiger partial charge in [-0.15, -0.1) is 0 Å². The van der Waals surface area contributed by atoms with Crippen LogP contribution in [0.25, 0.3) is 10.8 Å². The van der Waals surface area contributed by atoms with E-state index >= 15 is 0 Å². The van der Waals surface area contributed by atoms with Crippen molar-refractivity contribution in [3.63, 3.8) is 0 Å². The van der Waals surface area contributed by atoms with Crippen molar-refractivity contribution in [1.29, 1.82) is 0 Å². The summed E-state index contributed by atoms with van der Waals surface area (Å²) >= 11 is 6.09. The Morgan fingerprint density at radius 3 is 2.59 bits per heavy atom. The largest absolute Gasteiger partial charge is 0.349 e. The van der Waals surface area contributed by atoms with Gasteiger partial charge in [0.05, 0.1) is 6.04 Å². The van der Waals surface area contributed by atoms with Crippen LogP contribution in [-0.2, 0) is 11.3 Å². The first-order chi connectivity index (χ1) is 14.1. The summed E-state index contributed by atoms with van der Waals surface area (Å²) in [4.78, 5) is 15.3. The van der Waals surface area contributed by atoms with Crippen molar-refractivity contribution in [2.75, 3.05) is 13.1 Å². The summed E-state index contributed by atoms with van der Waals surface area (Å²) in [6.45, 7) is 4.84. The van der Waals surface area contributed by atoms with Crippen LogP contribution in [-0.4, -0.2) is 23.9 Å². The molecule has 0 bridgehead atoms. The Morgan fingerprint density at radius 1 is 1.07 bits per heavy atom. The maximum Gasteiger partial charge on any atom is 0.223 e. The predicted molar refractivity (Wildman–Crippen MR) is 120 cm³/mol. The average Bonchev–Trinajstić information content (AvgIpc) is 2.74. The number of carbonyl (C=O) groups excluding carboxylic acids is 1. The molecule has 1 fully saturated rings. The van der Waals surface area contributed by atoms with Gasteiger partial charge >= 0.3 is 0 Å². The molecule has 3 nitrogen and oxygen atoms in total. The van der Waals surface area contributed by atoms with Crippen molar-refractivity contribution in [3.8, 4) is 0 Å². The molecule has 1 atom stereocenters. The first kappa shape index (κ1) is 19.9. The van der Waals surface area contributed by atoms with Gasteiger partial charge in [0.15, 0.2) is 0 Å². The zero-order valence-corrected chi connectivity index (χ0v) is 17.5. The number of piperidine rings is 1. The lowest BCUT2D eigenvalue weighted by atomic mass is 9.94. The highest BCUT2D eigenvalue weighted by molar-refractivity contribution is 6.30. The van der Waals surface area contributed by atoms with E-state index in [0.717, 1.165) is 37.5 Å². The summed E-state index contributed by atoms with van der Waals surface area (Å²) in [6.07, 6.45) is 1.79. The van der Waals surface area contributed by atoms with Crippen LogP contribution in [0.4, 0.5) is 0 Å². The topological polar surface area (TPSA) is 32.3 Å². The van der Waals surface area contributed by atoms with E-state index in [0.29, 0.717) is 0 Å². The Labute approximate surface area is 177 Å². The summed E-state index contributed by atoms with van der Waals surface area (Å²) in [5, 5.41) is 6.45. The molecule has 1 aliphatic heterocycles. The number of fused-ring (bicyclic) bond motifs is 1. The number of rotatable bonds is 5. The summed E-state index contributed by atoms with van der Waals surface area (Å²) in [5.41, 5.74) is 2.40. The van der Waals surface area contributed by atoms with Gasteiger partial charge in [-0.3, -0.25) is 9.69 Å². The third kappa shape index (κ3) is 4.80. The molecule has 0 aromatic heterocycles. The monoisotopic (exact) mass is 406 g/mol. The molecule has 0 aliphatic carbocycles. The minimum Gasteiger partial charge on any atom is -0.349 e. The van der Waals surface area contributed by atoms with Gasteiger partial charge in [0.1, 0.15) is 0 Å². The van der Waals surface area contributed by atoms with Crippen molar-refractivity contribution in [2.24, 2.45) is 5.92 Å². The number of likely N-dealkylation sites (tertiary alicyclic amines) is 1. The third-order valence-electron chi connectivity index (χ3n) is 5.90. The fraction of sp³-hybridized carbons (Fsp3) is 0.320. The number of amides is 1. The van der Waals surface area contributed by atoms with Crippen LogP contribution in [0.2, 0.25) is 5.02 Å². The molecular weight excluding hydrogens is 380 g/mol. The first-order valence-electron chi connectivity index (χ1n) is 10.3. The SMILES string of the molecule is CC(NC(=O)C1CCN(Cc2cccc(Cl)c2)CC1)c1cccc2ccccc12. The van der Waals surface area contributed by atoms with Gasteiger partial charge in [0.2, 0.25) is 5.91 Å². The van der Waals surface area contributed by atoms with Gasteiger partial charge in [0.25, 0.3) is 0 Å². The zero-order valence-electron chi connectivity index (χ0n) is 16.8. The molecule has 4 heteroatoms. The maximum absolute atomic E-state index is 12.9. The fourth-order valence-electron chi connectivity index (χ4n) is 4.28. The smallest absolute Gasteiger partial charge is 0.223 e. The van der Waals surface area contributed by atoms with Crippen LogP contribution in [0.15, 0.2) is 66.7 Å². The lowest BCUT2D eigenvalue weighted by molar-refractivity contribution is -0.127. The molecule has 4 rings (SSSR count). The standard InChI is InChI=1S/C25H27ClN2O/c1-18(23-11-5-8-20-7-2-3-10-24(20)23)27-25(29)21-12-14-28(15-13-21)17-19-6-4-9-22(26)16-19/h2-11,16,18,21H,12-15,17H2,1H3,(H,27,29). The second-order valence-corrected chi connectivity index (χ2v) is 8.42. The van der Waals surface area contributed by atoms with Crippen molar-refractivity contribution >= 4 is 28.3 Å². The summed E-state index contributed by atoms with van der Waals surface area (Å²) in [7, 11) is 0. The van der Waals surface area contributed by atoms with E-state index in [1.54, 1.807) is 0 Å². The highest BCUT2D eigenvalue weighted by atomic mass is 35.5. The lowest BCUT2D eigenvalue weighted by Crippen LogP contribution is -2.40. The second-order valence-electron chi connectivity index (χ2n) is 7.98. The molecule has 29 heavy (non-hydrogen) atoms. The van der Waals surface area contributed by atoms with Crippen LogP contribution in [0.5, 0.6) is 0 Å². The summed E-state index contributed by atoms with van der Waals surface area (Å²) in [6, 6.07) is 22.7. The number of benzene rings is 3. The highest BCUT2D eigenvalue weighted by Crippen LogP contribution is 2.26. The summed E-state index contributed by atoms with van der Waals surface area (Å²) < 4.78 is 0. The molecule has 1 aliphatic rings. The van der Waals surface area contributed by atoms with E-state index in [1.165, 1.54) is 21.9 Å². The molecule has 0 spiro atoms. The van der Waals surface area contributed by atoms with Gasteiger partial charge in [-0.05, 0) is 66.9 Å². The molecule has 1 heterocycles. The number of halogens is 1. The van der Waals surface area contributed by atoms with Crippen LogP contribution < -0.4 is 5.32 Å². The molecule has 1 unspecified atom stereocenters. The van der Waals surface area contributed by atoms with E-state index in [4.69, 9.17) is 11.6 Å². The quantitative estimate of drug-likeness (QED) is 0.599. The van der Waals surface area contributed by atoms with E-state index < -0.39 is 0 Å². The van der Waals surface area contributed by atoms with Crippen LogP contribution in [0.3, 0.4) is 0 Å². The summed E-state index contributed by atoms with van der Waals surface area (Å²) in [5.74, 6) is 0.260. The van der Waals surface area contributed by atoms with Gasteiger partial charge in [-0.1, -0.05) is 66.2 Å². The van der Waals surface area contributed by atoms with Crippen molar-refractivity contribution in [2.45, 2.75) is 32.4 Å². The first-order valence-corrected chi connectivity index (χ1v) is 10.7. The molecule has 1 saturated heterocycles. The van der Waals surface area contributed by atoms with Crippen molar-refractivity contribution in [3.05, 3.63) is 82.9 Å². The molecule has 1 N–H and O–H groups in total. The van der Waals surface area contributed by atoms with E-state index in [1.807, 2.05) is 24.3 Å². The number of hydrogen-bond acceptors (Lipinski definition) is 2. The van der Waals surface area contributed by atoms with E-state index in [9.17, 15) is 4.79 Å². The molecule has 0 saturated carbocycles. The number of hydrogen-bond donors (Lipinski definition) is 1. The minimum atomic E-state index is -0.00177. The van der Waals surface area contributed by atoms with Crippen molar-refractivity contribution in [1.82, 2.24) is 10.2 Å². The Hall–Kier alpha value is -2.36. The van der Waals surface area contributed by atoms with Gasteiger partial charge < -0.3 is 5.32 Å². The maximum atomic E-state index is 12.9. The Morgan fingerprint density at radius 2 is 1.79 bits per heavy atom.